The molecular formula is C19H25N5OS. The summed E-state index contributed by atoms with van der Waals surface area (Å²) < 4.78 is 3.70. The summed E-state index contributed by atoms with van der Waals surface area (Å²) in [6.45, 7) is 7.01. The maximum atomic E-state index is 13.0. The Kier molecular flexibility index (Phi) is 6.11. The Morgan fingerprint density at radius 2 is 2.12 bits per heavy atom. The van der Waals surface area contributed by atoms with Crippen molar-refractivity contribution in [3.8, 4) is 0 Å². The summed E-state index contributed by atoms with van der Waals surface area (Å²) in [5.74, 6) is 0.407. The molecule has 0 unspecified atom stereocenters. The van der Waals surface area contributed by atoms with Gasteiger partial charge in [0.2, 0.25) is 0 Å². The van der Waals surface area contributed by atoms with Gasteiger partial charge in [0.05, 0.1) is 12.1 Å². The van der Waals surface area contributed by atoms with Crippen LogP contribution in [0.5, 0.6) is 0 Å². The molecule has 0 atom stereocenters. The molecule has 1 N–H and O–H groups in total. The highest BCUT2D eigenvalue weighted by molar-refractivity contribution is 7.98. The fourth-order valence-corrected chi connectivity index (χ4v) is 3.41. The number of hydrogen-bond donors (Lipinski definition) is 1. The molecule has 6 nitrogen and oxygen atoms in total. The van der Waals surface area contributed by atoms with E-state index >= 15 is 0 Å². The Balaban J connectivity index is 1.85. The minimum atomic E-state index is 0.0951. The van der Waals surface area contributed by atoms with E-state index in [9.17, 15) is 4.79 Å². The van der Waals surface area contributed by atoms with Crippen molar-refractivity contribution >= 4 is 22.7 Å². The fourth-order valence-electron chi connectivity index (χ4n) is 2.98. The van der Waals surface area contributed by atoms with Crippen molar-refractivity contribution in [1.29, 1.82) is 0 Å². The lowest BCUT2D eigenvalue weighted by molar-refractivity contribution is 0.516. The van der Waals surface area contributed by atoms with E-state index in [4.69, 9.17) is 0 Å². The first kappa shape index (κ1) is 18.7. The van der Waals surface area contributed by atoms with Gasteiger partial charge < -0.3 is 9.88 Å². The molecule has 1 aromatic carbocycles. The number of rotatable bonds is 8. The van der Waals surface area contributed by atoms with Crippen LogP contribution in [-0.4, -0.2) is 32.1 Å². The van der Waals surface area contributed by atoms with Crippen LogP contribution in [0.25, 0.3) is 10.9 Å². The van der Waals surface area contributed by atoms with Crippen molar-refractivity contribution in [3.63, 3.8) is 0 Å². The molecule has 0 amide bonds. The number of fused-ring (bicyclic) bond motifs is 1. The number of hydrogen-bond acceptors (Lipinski definition) is 5. The van der Waals surface area contributed by atoms with Crippen LogP contribution in [0.4, 0.5) is 0 Å². The van der Waals surface area contributed by atoms with E-state index in [1.165, 1.54) is 11.2 Å². The largest absolute Gasteiger partial charge is 0.311 e. The number of pyridine rings is 1. The van der Waals surface area contributed by atoms with Gasteiger partial charge in [-0.05, 0) is 35.8 Å². The first-order valence-corrected chi connectivity index (χ1v) is 10.0. The third-order valence-electron chi connectivity index (χ3n) is 4.23. The third kappa shape index (κ3) is 4.34. The second kappa shape index (κ2) is 8.51. The number of benzene rings is 1. The van der Waals surface area contributed by atoms with Gasteiger partial charge in [-0.2, -0.15) is 5.10 Å². The minimum Gasteiger partial charge on any atom is -0.311 e. The zero-order valence-corrected chi connectivity index (χ0v) is 16.3. The van der Waals surface area contributed by atoms with Crippen LogP contribution in [0.1, 0.15) is 19.4 Å². The van der Waals surface area contributed by atoms with Gasteiger partial charge in [-0.3, -0.25) is 9.48 Å². The van der Waals surface area contributed by atoms with E-state index in [2.05, 4.69) is 53.7 Å². The molecule has 7 heteroatoms. The lowest BCUT2D eigenvalue weighted by atomic mass is 10.1. The van der Waals surface area contributed by atoms with Crippen molar-refractivity contribution < 1.29 is 0 Å². The second-order valence-electron chi connectivity index (χ2n) is 6.74. The van der Waals surface area contributed by atoms with Gasteiger partial charge >= 0.3 is 0 Å². The Hall–Kier alpha value is -2.12. The van der Waals surface area contributed by atoms with Gasteiger partial charge in [-0.15, -0.1) is 11.8 Å². The highest BCUT2D eigenvalue weighted by Gasteiger charge is 2.11. The summed E-state index contributed by atoms with van der Waals surface area (Å²) in [7, 11) is 0. The van der Waals surface area contributed by atoms with Crippen LogP contribution in [0.15, 0.2) is 46.6 Å². The number of nitrogens with one attached hydrogen (secondary N) is 1. The van der Waals surface area contributed by atoms with Gasteiger partial charge in [-0.1, -0.05) is 19.9 Å². The topological polar surface area (TPSA) is 64.7 Å². The predicted octanol–water partition coefficient (Wildman–Crippen LogP) is 2.76. The van der Waals surface area contributed by atoms with E-state index in [-0.39, 0.29) is 5.56 Å². The molecule has 0 spiro atoms. The molecule has 0 aliphatic heterocycles. The first-order chi connectivity index (χ1) is 12.6. The van der Waals surface area contributed by atoms with Crippen molar-refractivity contribution in [3.05, 3.63) is 52.8 Å². The Morgan fingerprint density at radius 3 is 2.81 bits per heavy atom. The second-order valence-corrected chi connectivity index (χ2v) is 7.62. The van der Waals surface area contributed by atoms with E-state index in [0.29, 0.717) is 12.5 Å². The van der Waals surface area contributed by atoms with E-state index in [1.807, 2.05) is 10.6 Å². The number of aromatic nitrogens is 4. The van der Waals surface area contributed by atoms with Crippen molar-refractivity contribution in [2.75, 3.05) is 12.8 Å². The molecule has 3 aromatic rings. The third-order valence-corrected chi connectivity index (χ3v) is 4.95. The van der Waals surface area contributed by atoms with Crippen molar-refractivity contribution in [2.45, 2.75) is 38.4 Å². The fraction of sp³-hybridized carbons (Fsp3) is 0.421. The summed E-state index contributed by atoms with van der Waals surface area (Å²) >= 11 is 1.70. The van der Waals surface area contributed by atoms with Crippen LogP contribution in [0.2, 0.25) is 0 Å². The monoisotopic (exact) mass is 371 g/mol. The molecule has 0 bridgehead atoms. The lowest BCUT2D eigenvalue weighted by Gasteiger charge is -2.16. The SMILES string of the molecule is CSc1ccc2cc(CNCCn3cncn3)c(=O)n(CC(C)C)c2c1. The molecule has 2 aromatic heterocycles. The number of thioether (sulfide) groups is 1. The average Bonchev–Trinajstić information content (AvgIpc) is 3.14. The van der Waals surface area contributed by atoms with Gasteiger partial charge in [0.15, 0.2) is 0 Å². The number of nitrogens with zero attached hydrogens (tertiary/aromatic N) is 4. The molecular weight excluding hydrogens is 346 g/mol. The van der Waals surface area contributed by atoms with E-state index in [0.717, 1.165) is 36.1 Å². The zero-order chi connectivity index (χ0) is 18.5. The normalized spacial score (nSPS) is 11.5. The van der Waals surface area contributed by atoms with Gasteiger partial charge in [0.25, 0.3) is 5.56 Å². The van der Waals surface area contributed by atoms with Crippen LogP contribution in [-0.2, 0) is 19.6 Å². The van der Waals surface area contributed by atoms with E-state index in [1.54, 1.807) is 22.8 Å². The summed E-state index contributed by atoms with van der Waals surface area (Å²) in [5.41, 5.74) is 1.91. The molecule has 0 fully saturated rings. The van der Waals surface area contributed by atoms with Crippen molar-refractivity contribution in [2.24, 2.45) is 5.92 Å². The molecule has 0 aliphatic carbocycles. The Bertz CT molecular complexity index is 918. The summed E-state index contributed by atoms with van der Waals surface area (Å²) in [5, 5.41) is 8.53. The van der Waals surface area contributed by atoms with Crippen LogP contribution in [0.3, 0.4) is 0 Å². The highest BCUT2D eigenvalue weighted by atomic mass is 32.2. The first-order valence-electron chi connectivity index (χ1n) is 8.82. The van der Waals surface area contributed by atoms with Gasteiger partial charge in [0, 0.05) is 30.1 Å². The van der Waals surface area contributed by atoms with Crippen LogP contribution < -0.4 is 10.9 Å². The lowest BCUT2D eigenvalue weighted by Crippen LogP contribution is -2.30. The maximum absolute atomic E-state index is 13.0. The maximum Gasteiger partial charge on any atom is 0.255 e. The predicted molar refractivity (Wildman–Crippen MR) is 107 cm³/mol. The Morgan fingerprint density at radius 1 is 1.27 bits per heavy atom. The molecule has 138 valence electrons. The standard InChI is InChI=1S/C19H25N5OS/c1-14(2)11-24-18-9-17(26-3)5-4-15(18)8-16(19(24)25)10-20-6-7-23-13-21-12-22-23/h4-5,8-9,12-14,20H,6-7,10-11H2,1-3H3. The molecule has 0 radical (unpaired) electrons. The molecule has 26 heavy (non-hydrogen) atoms. The van der Waals surface area contributed by atoms with Gasteiger partial charge in [0.1, 0.15) is 12.7 Å². The van der Waals surface area contributed by atoms with Crippen LogP contribution >= 0.6 is 11.8 Å². The van der Waals surface area contributed by atoms with Crippen molar-refractivity contribution in [1.82, 2.24) is 24.6 Å². The molecule has 0 aliphatic rings. The summed E-state index contributed by atoms with van der Waals surface area (Å²) in [6, 6.07) is 8.35. The Labute approximate surface area is 157 Å². The van der Waals surface area contributed by atoms with E-state index < -0.39 is 0 Å². The molecule has 2 heterocycles. The summed E-state index contributed by atoms with van der Waals surface area (Å²) in [6.07, 6.45) is 5.27. The molecule has 0 saturated carbocycles. The zero-order valence-electron chi connectivity index (χ0n) is 15.5. The molecule has 0 saturated heterocycles. The molecule has 3 rings (SSSR count). The average molecular weight is 372 g/mol. The summed E-state index contributed by atoms with van der Waals surface area (Å²) in [4.78, 5) is 18.1. The minimum absolute atomic E-state index is 0.0951. The van der Waals surface area contributed by atoms with Gasteiger partial charge in [-0.25, -0.2) is 4.98 Å². The quantitative estimate of drug-likeness (QED) is 0.487. The van der Waals surface area contributed by atoms with Crippen LogP contribution in [0, 0.1) is 5.92 Å². The highest BCUT2D eigenvalue weighted by Crippen LogP contribution is 2.22. The smallest absolute Gasteiger partial charge is 0.255 e.